The Kier molecular flexibility index (Phi) is 3.37. The van der Waals surface area contributed by atoms with Crippen LogP contribution in [0.3, 0.4) is 0 Å². The lowest BCUT2D eigenvalue weighted by molar-refractivity contribution is 0.459. The first-order chi connectivity index (χ1) is 12.4. The van der Waals surface area contributed by atoms with E-state index in [1.54, 1.807) is 0 Å². The lowest BCUT2D eigenvalue weighted by Crippen LogP contribution is -2.00. The minimum Gasteiger partial charge on any atom is -0.494 e. The third-order valence-corrected chi connectivity index (χ3v) is 4.39. The number of halogens is 2. The van der Waals surface area contributed by atoms with Crippen molar-refractivity contribution in [3.8, 4) is 11.8 Å². The molecule has 0 fully saturated rings. The highest BCUT2D eigenvalue weighted by Crippen LogP contribution is 2.33. The molecule has 0 saturated heterocycles. The number of benzene rings is 2. The molecule has 4 N–H and O–H groups in total. The zero-order valence-corrected chi connectivity index (χ0v) is 13.5. The molecule has 0 amide bonds. The first kappa shape index (κ1) is 16.0. The molecule has 2 aromatic carbocycles. The normalized spacial score (nSPS) is 14.1. The van der Waals surface area contributed by atoms with Crippen LogP contribution >= 0.6 is 0 Å². The average Bonchev–Trinajstić information content (AvgIpc) is 3.11. The van der Waals surface area contributed by atoms with Gasteiger partial charge >= 0.3 is 0 Å². The van der Waals surface area contributed by atoms with Crippen LogP contribution < -0.4 is 10.4 Å². The van der Waals surface area contributed by atoms with Gasteiger partial charge in [0.25, 0.3) is 0 Å². The summed E-state index contributed by atoms with van der Waals surface area (Å²) >= 11 is 0. The summed E-state index contributed by atoms with van der Waals surface area (Å²) in [6.45, 7) is 7.71. The second-order valence-electron chi connectivity index (χ2n) is 6.05. The van der Waals surface area contributed by atoms with E-state index in [9.17, 15) is 19.0 Å². The number of hydrogen-bond acceptors (Lipinski definition) is 2. The minimum atomic E-state index is -0.477. The molecule has 0 atom stereocenters. The summed E-state index contributed by atoms with van der Waals surface area (Å²) in [5.41, 5.74) is 0. The van der Waals surface area contributed by atoms with Gasteiger partial charge in [-0.2, -0.15) is 0 Å². The molecule has 0 saturated carbocycles. The molecule has 2 heterocycles. The maximum absolute atomic E-state index is 13.7. The topological polar surface area (TPSA) is 72.0 Å². The number of aromatic amines is 2. The maximum Gasteiger partial charge on any atom is 0.199 e. The number of aromatic nitrogens is 2. The van der Waals surface area contributed by atoms with Gasteiger partial charge in [-0.15, -0.1) is 0 Å². The molecule has 0 aliphatic heterocycles. The SMILES string of the molecule is C=c1ccc(F)c/c1=c1/[nH]c(O)c2/c(=c3\cc(F)ccc3=C)[nH]c(O)c12. The molecule has 6 heteroatoms. The van der Waals surface area contributed by atoms with Crippen LogP contribution in [0.5, 0.6) is 11.8 Å². The highest BCUT2D eigenvalue weighted by Gasteiger charge is 2.15. The van der Waals surface area contributed by atoms with Crippen molar-refractivity contribution in [1.82, 2.24) is 9.97 Å². The van der Waals surface area contributed by atoms with Crippen LogP contribution in [0.1, 0.15) is 0 Å². The standard InChI is InChI=1S/C20H14F2N2O2/c1-9-3-5-11(21)7-13(9)17-15-16(20(26)23-17)18(24-19(15)25)14-8-12(22)6-4-10(14)2/h3-8,23-26H,1-2H2/b17-13-,18-14-. The highest BCUT2D eigenvalue weighted by atomic mass is 19.1. The second-order valence-corrected chi connectivity index (χ2v) is 6.05. The lowest BCUT2D eigenvalue weighted by Gasteiger charge is -1.92. The molecule has 0 unspecified atom stereocenters. The van der Waals surface area contributed by atoms with Gasteiger partial charge < -0.3 is 20.2 Å². The van der Waals surface area contributed by atoms with E-state index in [2.05, 4.69) is 23.1 Å². The quantitative estimate of drug-likeness (QED) is 0.393. The lowest BCUT2D eigenvalue weighted by atomic mass is 10.2. The number of rotatable bonds is 0. The second kappa shape index (κ2) is 5.49. The maximum atomic E-state index is 13.7. The summed E-state index contributed by atoms with van der Waals surface area (Å²) in [4.78, 5) is 5.51. The number of nitrogens with one attached hydrogen (secondary N) is 2. The molecular formula is C20H14F2N2O2. The molecule has 2 aromatic heterocycles. The van der Waals surface area contributed by atoms with Crippen LogP contribution in [-0.4, -0.2) is 20.2 Å². The molecule has 4 aromatic rings. The molecule has 0 spiro atoms. The van der Waals surface area contributed by atoms with Crippen molar-refractivity contribution in [2.75, 3.05) is 0 Å². The fourth-order valence-corrected chi connectivity index (χ4v) is 3.18. The Morgan fingerprint density at radius 2 is 1.08 bits per heavy atom. The van der Waals surface area contributed by atoms with Crippen LogP contribution in [0, 0.1) is 32.8 Å². The summed E-state index contributed by atoms with van der Waals surface area (Å²) in [5, 5.41) is 23.8. The van der Waals surface area contributed by atoms with Gasteiger partial charge in [0.05, 0.1) is 21.5 Å². The molecule has 0 aliphatic carbocycles. The Balaban J connectivity index is 2.40. The van der Waals surface area contributed by atoms with E-state index in [4.69, 9.17) is 0 Å². The first-order valence-electron chi connectivity index (χ1n) is 7.76. The first-order valence-corrected chi connectivity index (χ1v) is 7.76. The molecule has 0 aliphatic rings. The zero-order valence-electron chi connectivity index (χ0n) is 13.5. The van der Waals surface area contributed by atoms with Crippen molar-refractivity contribution in [3.05, 3.63) is 79.6 Å². The van der Waals surface area contributed by atoms with Crippen LogP contribution in [0.4, 0.5) is 8.78 Å². The third kappa shape index (κ3) is 2.27. The predicted molar refractivity (Wildman–Crippen MR) is 94.4 cm³/mol. The fourth-order valence-electron chi connectivity index (χ4n) is 3.18. The molecule has 26 heavy (non-hydrogen) atoms. The van der Waals surface area contributed by atoms with Gasteiger partial charge in [-0.1, -0.05) is 25.3 Å². The van der Waals surface area contributed by atoms with Gasteiger partial charge in [0, 0.05) is 10.4 Å². The molecule has 130 valence electrons. The smallest absolute Gasteiger partial charge is 0.199 e. The van der Waals surface area contributed by atoms with Gasteiger partial charge in [0.2, 0.25) is 0 Å². The van der Waals surface area contributed by atoms with Crippen molar-refractivity contribution in [3.63, 3.8) is 0 Å². The Bertz CT molecular complexity index is 1360. The van der Waals surface area contributed by atoms with Crippen molar-refractivity contribution >= 4 is 23.9 Å². The summed E-state index contributed by atoms with van der Waals surface area (Å²) in [6.07, 6.45) is 0. The van der Waals surface area contributed by atoms with E-state index in [1.165, 1.54) is 36.4 Å². The number of aromatic hydroxyl groups is 2. The Morgan fingerprint density at radius 3 is 1.46 bits per heavy atom. The van der Waals surface area contributed by atoms with E-state index in [-0.39, 0.29) is 22.5 Å². The Morgan fingerprint density at radius 1 is 0.692 bits per heavy atom. The van der Waals surface area contributed by atoms with Crippen LogP contribution in [0.15, 0.2) is 36.4 Å². The van der Waals surface area contributed by atoms with E-state index < -0.39 is 11.6 Å². The Labute approximate surface area is 145 Å². The molecule has 4 nitrogen and oxygen atoms in total. The summed E-state index contributed by atoms with van der Waals surface area (Å²) in [5.74, 6) is -1.44. The van der Waals surface area contributed by atoms with Crippen molar-refractivity contribution < 1.29 is 19.0 Å². The molecule has 4 rings (SSSR count). The van der Waals surface area contributed by atoms with Gasteiger partial charge in [-0.3, -0.25) is 0 Å². The van der Waals surface area contributed by atoms with Crippen LogP contribution in [0.2, 0.25) is 0 Å². The van der Waals surface area contributed by atoms with Crippen LogP contribution in [0.25, 0.3) is 23.9 Å². The van der Waals surface area contributed by atoms with E-state index in [0.29, 0.717) is 31.6 Å². The van der Waals surface area contributed by atoms with E-state index in [1.807, 2.05) is 0 Å². The Hall–Kier alpha value is -3.54. The monoisotopic (exact) mass is 352 g/mol. The van der Waals surface area contributed by atoms with E-state index >= 15 is 0 Å². The van der Waals surface area contributed by atoms with Crippen molar-refractivity contribution in [2.45, 2.75) is 0 Å². The fraction of sp³-hybridized carbons (Fsp3) is 0. The summed E-state index contributed by atoms with van der Waals surface area (Å²) < 4.78 is 27.4. The third-order valence-electron chi connectivity index (χ3n) is 4.39. The largest absolute Gasteiger partial charge is 0.494 e. The van der Waals surface area contributed by atoms with E-state index in [0.717, 1.165) is 0 Å². The molecule has 0 bridgehead atoms. The van der Waals surface area contributed by atoms with Gasteiger partial charge in [-0.25, -0.2) is 8.78 Å². The van der Waals surface area contributed by atoms with Crippen molar-refractivity contribution in [2.24, 2.45) is 0 Å². The zero-order chi connectivity index (χ0) is 18.6. The molecular weight excluding hydrogens is 338 g/mol. The number of hydrogen-bond donors (Lipinski definition) is 4. The summed E-state index contributed by atoms with van der Waals surface area (Å²) in [6, 6.07) is 8.06. The minimum absolute atomic E-state index is 0.242. The highest BCUT2D eigenvalue weighted by molar-refractivity contribution is 5.93. The van der Waals surface area contributed by atoms with Gasteiger partial charge in [0.15, 0.2) is 11.8 Å². The van der Waals surface area contributed by atoms with Crippen molar-refractivity contribution in [1.29, 1.82) is 0 Å². The summed E-state index contributed by atoms with van der Waals surface area (Å²) in [7, 11) is 0. The van der Waals surface area contributed by atoms with Gasteiger partial charge in [-0.05, 0) is 34.7 Å². The van der Waals surface area contributed by atoms with Gasteiger partial charge in [0.1, 0.15) is 11.6 Å². The predicted octanol–water partition coefficient (Wildman–Crippen LogP) is 2.58. The van der Waals surface area contributed by atoms with Crippen LogP contribution in [-0.2, 0) is 0 Å². The number of fused-ring (bicyclic) bond motifs is 1. The average molecular weight is 352 g/mol. The molecule has 0 radical (unpaired) electrons. The number of H-pyrrole nitrogens is 2.